The lowest BCUT2D eigenvalue weighted by Gasteiger charge is -2.01. The van der Waals surface area contributed by atoms with Crippen molar-refractivity contribution in [2.24, 2.45) is 0 Å². The van der Waals surface area contributed by atoms with Crippen LogP contribution in [0.15, 0.2) is 24.5 Å². The van der Waals surface area contributed by atoms with Crippen molar-refractivity contribution < 1.29 is 4.39 Å². The lowest BCUT2D eigenvalue weighted by atomic mass is 10.3. The van der Waals surface area contributed by atoms with Crippen LogP contribution in [-0.4, -0.2) is 18.2 Å². The van der Waals surface area contributed by atoms with E-state index < -0.39 is 0 Å². The molecule has 2 nitrogen and oxygen atoms in total. The summed E-state index contributed by atoms with van der Waals surface area (Å²) < 4.78 is 11.7. The predicted molar refractivity (Wildman–Crippen MR) is 46.5 cm³/mol. The normalized spacial score (nSPS) is 10.1. The monoisotopic (exact) mass is 168 g/mol. The molecule has 12 heavy (non-hydrogen) atoms. The second-order valence-corrected chi connectivity index (χ2v) is 2.57. The quantitative estimate of drug-likeness (QED) is 0.674. The van der Waals surface area contributed by atoms with Gasteiger partial charge in [0.05, 0.1) is 6.67 Å². The average molecular weight is 168 g/mol. The number of pyridine rings is 1. The summed E-state index contributed by atoms with van der Waals surface area (Å²) in [6.45, 7) is 1.28. The van der Waals surface area contributed by atoms with Crippen LogP contribution in [-0.2, 0) is 6.54 Å². The fraction of sp³-hybridized carbons (Fsp3) is 0.444. The van der Waals surface area contributed by atoms with E-state index >= 15 is 0 Å². The fourth-order valence-electron chi connectivity index (χ4n) is 0.925. The van der Waals surface area contributed by atoms with Gasteiger partial charge in [-0.1, -0.05) is 0 Å². The van der Waals surface area contributed by atoms with Crippen LogP contribution >= 0.6 is 0 Å². The first-order chi connectivity index (χ1) is 5.93. The van der Waals surface area contributed by atoms with Gasteiger partial charge in [0.15, 0.2) is 0 Å². The third-order valence-electron chi connectivity index (χ3n) is 1.57. The highest BCUT2D eigenvalue weighted by Gasteiger charge is 1.89. The molecule has 0 saturated carbocycles. The summed E-state index contributed by atoms with van der Waals surface area (Å²) in [5.41, 5.74) is 1.18. The van der Waals surface area contributed by atoms with E-state index in [1.54, 1.807) is 12.4 Å². The maximum Gasteiger partial charge on any atom is 0.0906 e. The zero-order valence-electron chi connectivity index (χ0n) is 6.96. The van der Waals surface area contributed by atoms with Crippen LogP contribution in [0.2, 0.25) is 0 Å². The Kier molecular flexibility index (Phi) is 4.31. The summed E-state index contributed by atoms with van der Waals surface area (Å²) >= 11 is 0. The second-order valence-electron chi connectivity index (χ2n) is 2.57. The van der Waals surface area contributed by atoms with Crippen LogP contribution in [0.4, 0.5) is 4.39 Å². The minimum Gasteiger partial charge on any atom is -0.313 e. The van der Waals surface area contributed by atoms with Crippen LogP contribution in [0, 0.1) is 0 Å². The molecule has 1 rings (SSSR count). The van der Waals surface area contributed by atoms with E-state index in [1.807, 2.05) is 12.1 Å². The number of hydrogen-bond donors (Lipinski definition) is 1. The van der Waals surface area contributed by atoms with Gasteiger partial charge in [-0.15, -0.1) is 0 Å². The Labute approximate surface area is 71.8 Å². The minimum absolute atomic E-state index is 0.247. The molecule has 66 valence electrons. The van der Waals surface area contributed by atoms with Crippen molar-refractivity contribution in [2.75, 3.05) is 13.2 Å². The summed E-state index contributed by atoms with van der Waals surface area (Å²) in [7, 11) is 0. The molecule has 1 aromatic rings. The van der Waals surface area contributed by atoms with E-state index in [4.69, 9.17) is 0 Å². The van der Waals surface area contributed by atoms with Gasteiger partial charge in [0, 0.05) is 18.9 Å². The van der Waals surface area contributed by atoms with Gasteiger partial charge in [-0.05, 0) is 30.7 Å². The number of halogens is 1. The van der Waals surface area contributed by atoms with Crippen LogP contribution in [0.25, 0.3) is 0 Å². The van der Waals surface area contributed by atoms with E-state index in [-0.39, 0.29) is 6.67 Å². The van der Waals surface area contributed by atoms with Gasteiger partial charge in [-0.3, -0.25) is 9.37 Å². The van der Waals surface area contributed by atoms with Crippen molar-refractivity contribution in [3.63, 3.8) is 0 Å². The molecule has 1 aromatic heterocycles. The summed E-state index contributed by atoms with van der Waals surface area (Å²) in [4.78, 5) is 3.90. The molecule has 0 atom stereocenters. The second kappa shape index (κ2) is 5.66. The minimum atomic E-state index is -0.247. The first-order valence-corrected chi connectivity index (χ1v) is 4.09. The Morgan fingerprint density at radius 1 is 1.33 bits per heavy atom. The standard InChI is InChI=1S/C9H13FN2/c10-4-1-5-12-8-9-2-6-11-7-3-9/h2-3,6-7,12H,1,4-5,8H2. The highest BCUT2D eigenvalue weighted by Crippen LogP contribution is 1.94. The molecule has 0 aliphatic heterocycles. The highest BCUT2D eigenvalue weighted by molar-refractivity contribution is 5.08. The van der Waals surface area contributed by atoms with Crippen LogP contribution in [0.3, 0.4) is 0 Å². The molecule has 0 aliphatic rings. The van der Waals surface area contributed by atoms with Gasteiger partial charge >= 0.3 is 0 Å². The molecule has 3 heteroatoms. The Hall–Kier alpha value is -0.960. The highest BCUT2D eigenvalue weighted by atomic mass is 19.1. The number of alkyl halides is 1. The topological polar surface area (TPSA) is 24.9 Å². The van der Waals surface area contributed by atoms with Crippen molar-refractivity contribution in [1.29, 1.82) is 0 Å². The third kappa shape index (κ3) is 3.44. The Bertz CT molecular complexity index is 201. The van der Waals surface area contributed by atoms with Crippen LogP contribution in [0.1, 0.15) is 12.0 Å². The van der Waals surface area contributed by atoms with E-state index in [0.717, 1.165) is 13.1 Å². The van der Waals surface area contributed by atoms with Gasteiger partial charge in [0.2, 0.25) is 0 Å². The Balaban J connectivity index is 2.16. The number of rotatable bonds is 5. The molecule has 0 bridgehead atoms. The first kappa shape index (κ1) is 9.13. The van der Waals surface area contributed by atoms with Crippen molar-refractivity contribution in [1.82, 2.24) is 10.3 Å². The molecule has 0 radical (unpaired) electrons. The van der Waals surface area contributed by atoms with Crippen molar-refractivity contribution >= 4 is 0 Å². The fourth-order valence-corrected chi connectivity index (χ4v) is 0.925. The molecule has 0 spiro atoms. The first-order valence-electron chi connectivity index (χ1n) is 4.09. The van der Waals surface area contributed by atoms with Crippen molar-refractivity contribution in [3.05, 3.63) is 30.1 Å². The maximum atomic E-state index is 11.7. The van der Waals surface area contributed by atoms with E-state index in [9.17, 15) is 4.39 Å². The molecular formula is C9H13FN2. The molecule has 0 unspecified atom stereocenters. The van der Waals surface area contributed by atoms with Gasteiger partial charge in [-0.2, -0.15) is 0 Å². The molecule has 0 saturated heterocycles. The largest absolute Gasteiger partial charge is 0.313 e. The zero-order chi connectivity index (χ0) is 8.65. The lowest BCUT2D eigenvalue weighted by molar-refractivity contribution is 0.459. The number of hydrogen-bond acceptors (Lipinski definition) is 2. The maximum absolute atomic E-state index is 11.7. The van der Waals surface area contributed by atoms with Crippen molar-refractivity contribution in [3.8, 4) is 0 Å². The lowest BCUT2D eigenvalue weighted by Crippen LogP contribution is -2.14. The molecule has 1 N–H and O–H groups in total. The van der Waals surface area contributed by atoms with Crippen LogP contribution < -0.4 is 5.32 Å². The predicted octanol–water partition coefficient (Wildman–Crippen LogP) is 1.53. The molecule has 1 heterocycles. The van der Waals surface area contributed by atoms with Gasteiger partial charge in [-0.25, -0.2) is 0 Å². The van der Waals surface area contributed by atoms with Crippen molar-refractivity contribution in [2.45, 2.75) is 13.0 Å². The Morgan fingerprint density at radius 2 is 2.08 bits per heavy atom. The molecule has 0 aliphatic carbocycles. The number of aromatic nitrogens is 1. The summed E-state index contributed by atoms with van der Waals surface area (Å²) in [6.07, 6.45) is 4.10. The summed E-state index contributed by atoms with van der Waals surface area (Å²) in [5.74, 6) is 0. The smallest absolute Gasteiger partial charge is 0.0906 e. The number of nitrogens with zero attached hydrogens (tertiary/aromatic N) is 1. The molecule has 0 fully saturated rings. The van der Waals surface area contributed by atoms with Gasteiger partial charge in [0.25, 0.3) is 0 Å². The van der Waals surface area contributed by atoms with E-state index in [1.165, 1.54) is 5.56 Å². The van der Waals surface area contributed by atoms with Gasteiger partial charge in [0.1, 0.15) is 0 Å². The van der Waals surface area contributed by atoms with E-state index in [0.29, 0.717) is 6.42 Å². The third-order valence-corrected chi connectivity index (χ3v) is 1.57. The summed E-state index contributed by atoms with van der Waals surface area (Å²) in [5, 5.41) is 3.13. The van der Waals surface area contributed by atoms with Crippen LogP contribution in [0.5, 0.6) is 0 Å². The average Bonchev–Trinajstić information content (AvgIpc) is 2.14. The summed E-state index contributed by atoms with van der Waals surface area (Å²) in [6, 6.07) is 3.89. The van der Waals surface area contributed by atoms with Gasteiger partial charge < -0.3 is 5.32 Å². The molecular weight excluding hydrogens is 155 g/mol. The molecule has 0 amide bonds. The Morgan fingerprint density at radius 3 is 2.75 bits per heavy atom. The molecule has 0 aromatic carbocycles. The zero-order valence-corrected chi connectivity index (χ0v) is 6.96. The van der Waals surface area contributed by atoms with E-state index in [2.05, 4.69) is 10.3 Å². The number of nitrogens with one attached hydrogen (secondary N) is 1. The SMILES string of the molecule is FCCCNCc1ccncc1.